The quantitative estimate of drug-likeness (QED) is 0.773. The molecule has 0 aromatic heterocycles. The standard InChI is InChI=1S/C11H17NO3/c1-3-14-9-5-4-6-10(11(9)13-2)15-8-7-12/h4-6H,3,7-8,12H2,1-2H3. The zero-order chi connectivity index (χ0) is 11.1. The Hall–Kier alpha value is -1.42. The summed E-state index contributed by atoms with van der Waals surface area (Å²) in [5.74, 6) is 1.97. The molecule has 0 heterocycles. The Bertz CT molecular complexity index is 302. The molecule has 0 atom stereocenters. The first-order valence-corrected chi connectivity index (χ1v) is 4.96. The largest absolute Gasteiger partial charge is 0.490 e. The van der Waals surface area contributed by atoms with E-state index in [9.17, 15) is 0 Å². The van der Waals surface area contributed by atoms with E-state index >= 15 is 0 Å². The zero-order valence-electron chi connectivity index (χ0n) is 9.16. The fraction of sp³-hybridized carbons (Fsp3) is 0.455. The summed E-state index contributed by atoms with van der Waals surface area (Å²) in [6, 6.07) is 5.54. The Labute approximate surface area is 89.9 Å². The van der Waals surface area contributed by atoms with Crippen molar-refractivity contribution in [1.82, 2.24) is 0 Å². The topological polar surface area (TPSA) is 53.7 Å². The maximum Gasteiger partial charge on any atom is 0.203 e. The molecular formula is C11H17NO3. The summed E-state index contributed by atoms with van der Waals surface area (Å²) in [5.41, 5.74) is 5.37. The van der Waals surface area contributed by atoms with Gasteiger partial charge in [-0.1, -0.05) is 6.07 Å². The van der Waals surface area contributed by atoms with Crippen LogP contribution in [0.1, 0.15) is 6.92 Å². The van der Waals surface area contributed by atoms with E-state index < -0.39 is 0 Å². The number of rotatable bonds is 6. The summed E-state index contributed by atoms with van der Waals surface area (Å²) in [4.78, 5) is 0. The molecule has 0 saturated carbocycles. The number of para-hydroxylation sites is 1. The summed E-state index contributed by atoms with van der Waals surface area (Å²) in [5, 5.41) is 0. The molecule has 0 fully saturated rings. The van der Waals surface area contributed by atoms with Crippen LogP contribution in [0.4, 0.5) is 0 Å². The fourth-order valence-electron chi connectivity index (χ4n) is 1.25. The molecule has 1 aromatic rings. The van der Waals surface area contributed by atoms with Crippen molar-refractivity contribution in [2.24, 2.45) is 5.73 Å². The van der Waals surface area contributed by atoms with E-state index in [0.717, 1.165) is 0 Å². The van der Waals surface area contributed by atoms with Crippen molar-refractivity contribution in [3.8, 4) is 17.2 Å². The molecular weight excluding hydrogens is 194 g/mol. The summed E-state index contributed by atoms with van der Waals surface area (Å²) >= 11 is 0. The van der Waals surface area contributed by atoms with E-state index in [2.05, 4.69) is 0 Å². The highest BCUT2D eigenvalue weighted by molar-refractivity contribution is 5.51. The normalized spacial score (nSPS) is 9.80. The summed E-state index contributed by atoms with van der Waals surface area (Å²) in [7, 11) is 1.59. The van der Waals surface area contributed by atoms with Crippen LogP contribution in [0.25, 0.3) is 0 Å². The number of hydrogen-bond donors (Lipinski definition) is 1. The second kappa shape index (κ2) is 6.14. The monoisotopic (exact) mass is 211 g/mol. The third-order valence-corrected chi connectivity index (χ3v) is 1.82. The second-order valence-electron chi connectivity index (χ2n) is 2.86. The average molecular weight is 211 g/mol. The predicted molar refractivity (Wildman–Crippen MR) is 58.7 cm³/mol. The summed E-state index contributed by atoms with van der Waals surface area (Å²) < 4.78 is 16.1. The van der Waals surface area contributed by atoms with E-state index in [-0.39, 0.29) is 0 Å². The minimum absolute atomic E-state index is 0.464. The summed E-state index contributed by atoms with van der Waals surface area (Å²) in [6.07, 6.45) is 0. The lowest BCUT2D eigenvalue weighted by Crippen LogP contribution is -2.11. The Morgan fingerprint density at radius 3 is 2.40 bits per heavy atom. The molecule has 1 aromatic carbocycles. The Morgan fingerprint density at radius 2 is 1.87 bits per heavy atom. The van der Waals surface area contributed by atoms with Crippen LogP contribution in [0.5, 0.6) is 17.2 Å². The predicted octanol–water partition coefficient (Wildman–Crippen LogP) is 1.43. The molecule has 4 heteroatoms. The SMILES string of the molecule is CCOc1cccc(OCCN)c1OC. The molecule has 15 heavy (non-hydrogen) atoms. The van der Waals surface area contributed by atoms with Gasteiger partial charge in [0.2, 0.25) is 5.75 Å². The number of methoxy groups -OCH3 is 1. The van der Waals surface area contributed by atoms with E-state index in [1.165, 1.54) is 0 Å². The van der Waals surface area contributed by atoms with Crippen LogP contribution in [-0.4, -0.2) is 26.9 Å². The van der Waals surface area contributed by atoms with Crippen molar-refractivity contribution in [3.05, 3.63) is 18.2 Å². The van der Waals surface area contributed by atoms with Gasteiger partial charge in [0.15, 0.2) is 11.5 Å². The molecule has 4 nitrogen and oxygen atoms in total. The zero-order valence-corrected chi connectivity index (χ0v) is 9.16. The van der Waals surface area contributed by atoms with Crippen molar-refractivity contribution >= 4 is 0 Å². The van der Waals surface area contributed by atoms with E-state index in [4.69, 9.17) is 19.9 Å². The third-order valence-electron chi connectivity index (χ3n) is 1.82. The van der Waals surface area contributed by atoms with Crippen molar-refractivity contribution < 1.29 is 14.2 Å². The van der Waals surface area contributed by atoms with Gasteiger partial charge < -0.3 is 19.9 Å². The van der Waals surface area contributed by atoms with Gasteiger partial charge >= 0.3 is 0 Å². The van der Waals surface area contributed by atoms with Gasteiger partial charge in [-0.15, -0.1) is 0 Å². The molecule has 0 radical (unpaired) electrons. The first-order valence-electron chi connectivity index (χ1n) is 4.96. The maximum atomic E-state index is 5.43. The molecule has 0 bridgehead atoms. The van der Waals surface area contributed by atoms with E-state index in [0.29, 0.717) is 37.0 Å². The highest BCUT2D eigenvalue weighted by Crippen LogP contribution is 2.36. The Morgan fingerprint density at radius 1 is 1.20 bits per heavy atom. The van der Waals surface area contributed by atoms with Crippen molar-refractivity contribution in [1.29, 1.82) is 0 Å². The van der Waals surface area contributed by atoms with Crippen molar-refractivity contribution in [3.63, 3.8) is 0 Å². The van der Waals surface area contributed by atoms with Crippen LogP contribution >= 0.6 is 0 Å². The van der Waals surface area contributed by atoms with Gasteiger partial charge in [-0.25, -0.2) is 0 Å². The first kappa shape index (κ1) is 11.7. The van der Waals surface area contributed by atoms with Gasteiger partial charge in [-0.05, 0) is 19.1 Å². The van der Waals surface area contributed by atoms with Crippen molar-refractivity contribution in [2.75, 3.05) is 26.9 Å². The molecule has 1 rings (SSSR count). The van der Waals surface area contributed by atoms with E-state index in [1.807, 2.05) is 25.1 Å². The first-order chi connectivity index (χ1) is 7.33. The van der Waals surface area contributed by atoms with E-state index in [1.54, 1.807) is 7.11 Å². The molecule has 0 spiro atoms. The number of nitrogens with two attached hydrogens (primary N) is 1. The Balaban J connectivity index is 2.88. The van der Waals surface area contributed by atoms with Crippen LogP contribution in [0.2, 0.25) is 0 Å². The lowest BCUT2D eigenvalue weighted by Gasteiger charge is -2.13. The molecule has 0 aliphatic rings. The van der Waals surface area contributed by atoms with Crippen molar-refractivity contribution in [2.45, 2.75) is 6.92 Å². The second-order valence-corrected chi connectivity index (χ2v) is 2.86. The van der Waals surface area contributed by atoms with Gasteiger partial charge in [-0.3, -0.25) is 0 Å². The third kappa shape index (κ3) is 3.02. The molecule has 0 unspecified atom stereocenters. The van der Waals surface area contributed by atoms with Gasteiger partial charge in [0, 0.05) is 6.54 Å². The van der Waals surface area contributed by atoms with Gasteiger partial charge in [-0.2, -0.15) is 0 Å². The lowest BCUT2D eigenvalue weighted by atomic mass is 10.3. The van der Waals surface area contributed by atoms with Crippen LogP contribution in [0, 0.1) is 0 Å². The van der Waals surface area contributed by atoms with Crippen LogP contribution < -0.4 is 19.9 Å². The Kier molecular flexibility index (Phi) is 4.77. The average Bonchev–Trinajstić information content (AvgIpc) is 2.27. The van der Waals surface area contributed by atoms with Crippen LogP contribution in [0.15, 0.2) is 18.2 Å². The maximum absolute atomic E-state index is 5.43. The molecule has 84 valence electrons. The molecule has 0 saturated heterocycles. The molecule has 2 N–H and O–H groups in total. The minimum atomic E-state index is 0.464. The minimum Gasteiger partial charge on any atom is -0.490 e. The number of ether oxygens (including phenoxy) is 3. The highest BCUT2D eigenvalue weighted by Gasteiger charge is 2.10. The lowest BCUT2D eigenvalue weighted by molar-refractivity contribution is 0.278. The van der Waals surface area contributed by atoms with Crippen LogP contribution in [0.3, 0.4) is 0 Å². The van der Waals surface area contributed by atoms with Gasteiger partial charge in [0.1, 0.15) is 6.61 Å². The van der Waals surface area contributed by atoms with Crippen LogP contribution in [-0.2, 0) is 0 Å². The molecule has 0 aliphatic carbocycles. The molecule has 0 amide bonds. The smallest absolute Gasteiger partial charge is 0.203 e. The van der Waals surface area contributed by atoms with Gasteiger partial charge in [0.05, 0.1) is 13.7 Å². The number of hydrogen-bond acceptors (Lipinski definition) is 4. The number of benzene rings is 1. The molecule has 0 aliphatic heterocycles. The highest BCUT2D eigenvalue weighted by atomic mass is 16.5. The van der Waals surface area contributed by atoms with Gasteiger partial charge in [0.25, 0.3) is 0 Å². The fourth-order valence-corrected chi connectivity index (χ4v) is 1.25. The summed E-state index contributed by atoms with van der Waals surface area (Å²) in [6.45, 7) is 3.46.